The molecule has 0 aromatic heterocycles. The lowest BCUT2D eigenvalue weighted by Crippen LogP contribution is -2.51. The Morgan fingerprint density at radius 2 is 1.56 bits per heavy atom. The predicted octanol–water partition coefficient (Wildman–Crippen LogP) is 2.89. The lowest BCUT2D eigenvalue weighted by atomic mass is 9.92. The quantitative estimate of drug-likeness (QED) is 0.785. The lowest BCUT2D eigenvalue weighted by Gasteiger charge is -2.35. The van der Waals surface area contributed by atoms with Crippen LogP contribution >= 0.6 is 0 Å². The average Bonchev–Trinajstić information content (AvgIpc) is 2.66. The molecule has 0 bridgehead atoms. The smallest absolute Gasteiger partial charge is 0.254 e. The van der Waals surface area contributed by atoms with Crippen LogP contribution in [0.4, 0.5) is 0 Å². The molecule has 0 aliphatic carbocycles. The average molecular weight is 330 g/mol. The maximum atomic E-state index is 13.1. The third-order valence-electron chi connectivity index (χ3n) is 4.83. The fourth-order valence-corrected chi connectivity index (χ4v) is 3.48. The van der Waals surface area contributed by atoms with Gasteiger partial charge in [-0.2, -0.15) is 0 Å². The van der Waals surface area contributed by atoms with Gasteiger partial charge in [0, 0.05) is 18.5 Å². The molecule has 1 heterocycles. The molecule has 4 heteroatoms. The number of benzene rings is 3. The molecule has 4 rings (SSSR count). The molecule has 1 aliphatic rings. The van der Waals surface area contributed by atoms with Gasteiger partial charge in [-0.1, -0.05) is 54.6 Å². The first kappa shape index (κ1) is 15.4. The van der Waals surface area contributed by atoms with Crippen LogP contribution < -0.4 is 5.73 Å². The van der Waals surface area contributed by atoms with Crippen LogP contribution in [0.5, 0.6) is 0 Å². The molecule has 0 saturated heterocycles. The fraction of sp³-hybridized carbons (Fsp3) is 0.143. The van der Waals surface area contributed by atoms with Crippen LogP contribution in [0.2, 0.25) is 0 Å². The third-order valence-corrected chi connectivity index (χ3v) is 4.83. The predicted molar refractivity (Wildman–Crippen MR) is 96.9 cm³/mol. The summed E-state index contributed by atoms with van der Waals surface area (Å²) in [6.45, 7) is 0.398. The van der Waals surface area contributed by atoms with Gasteiger partial charge in [0.2, 0.25) is 5.91 Å². The van der Waals surface area contributed by atoms with Crippen molar-refractivity contribution >= 4 is 22.6 Å². The minimum Gasteiger partial charge on any atom is -0.368 e. The van der Waals surface area contributed by atoms with E-state index in [1.807, 2.05) is 66.7 Å². The van der Waals surface area contributed by atoms with Gasteiger partial charge in [0.25, 0.3) is 5.91 Å². The van der Waals surface area contributed by atoms with E-state index in [9.17, 15) is 9.59 Å². The maximum absolute atomic E-state index is 13.1. The monoisotopic (exact) mass is 330 g/mol. The number of carbonyl (C=O) groups is 2. The van der Waals surface area contributed by atoms with Gasteiger partial charge >= 0.3 is 0 Å². The summed E-state index contributed by atoms with van der Waals surface area (Å²) in [5, 5.41) is 2.08. The number of rotatable bonds is 2. The molecule has 3 aromatic carbocycles. The molecule has 0 spiro atoms. The van der Waals surface area contributed by atoms with Gasteiger partial charge in [0.1, 0.15) is 6.04 Å². The molecular weight excluding hydrogens is 312 g/mol. The number of hydrogen-bond acceptors (Lipinski definition) is 2. The van der Waals surface area contributed by atoms with Gasteiger partial charge in [-0.3, -0.25) is 9.59 Å². The standard InChI is InChI=1S/C21H18N2O2/c22-20(24)19-12-16-7-3-4-8-18(16)13-23(19)21(25)17-10-9-14-5-1-2-6-15(14)11-17/h1-11,19H,12-13H2,(H2,22,24)/t19-/m0/s1. The Morgan fingerprint density at radius 1 is 0.880 bits per heavy atom. The fourth-order valence-electron chi connectivity index (χ4n) is 3.48. The number of nitrogens with two attached hydrogens (primary N) is 1. The van der Waals surface area contributed by atoms with E-state index in [1.54, 1.807) is 4.90 Å². The van der Waals surface area contributed by atoms with Gasteiger partial charge in [0.15, 0.2) is 0 Å². The molecule has 2 amide bonds. The number of hydrogen-bond donors (Lipinski definition) is 1. The molecule has 2 N–H and O–H groups in total. The Labute approximate surface area is 145 Å². The van der Waals surface area contributed by atoms with Crippen molar-refractivity contribution < 1.29 is 9.59 Å². The van der Waals surface area contributed by atoms with Gasteiger partial charge < -0.3 is 10.6 Å². The Morgan fingerprint density at radius 3 is 2.32 bits per heavy atom. The Kier molecular flexibility index (Phi) is 3.73. The van der Waals surface area contributed by atoms with Crippen LogP contribution in [-0.2, 0) is 17.8 Å². The van der Waals surface area contributed by atoms with Crippen LogP contribution in [0.3, 0.4) is 0 Å². The van der Waals surface area contributed by atoms with Crippen molar-refractivity contribution in [3.8, 4) is 0 Å². The highest BCUT2D eigenvalue weighted by Crippen LogP contribution is 2.26. The second-order valence-electron chi connectivity index (χ2n) is 6.39. The molecule has 0 saturated carbocycles. The highest BCUT2D eigenvalue weighted by molar-refractivity contribution is 6.00. The van der Waals surface area contributed by atoms with E-state index >= 15 is 0 Å². The lowest BCUT2D eigenvalue weighted by molar-refractivity contribution is -0.122. The molecule has 0 fully saturated rings. The zero-order valence-electron chi connectivity index (χ0n) is 13.7. The van der Waals surface area contributed by atoms with Crippen molar-refractivity contribution in [2.75, 3.05) is 0 Å². The second kappa shape index (κ2) is 6.06. The molecule has 0 unspecified atom stereocenters. The van der Waals surface area contributed by atoms with Crippen molar-refractivity contribution in [2.45, 2.75) is 19.0 Å². The van der Waals surface area contributed by atoms with E-state index in [0.29, 0.717) is 18.5 Å². The minimum absolute atomic E-state index is 0.163. The highest BCUT2D eigenvalue weighted by atomic mass is 16.2. The maximum Gasteiger partial charge on any atom is 0.254 e. The van der Waals surface area contributed by atoms with Gasteiger partial charge in [-0.15, -0.1) is 0 Å². The first-order valence-corrected chi connectivity index (χ1v) is 8.29. The van der Waals surface area contributed by atoms with Crippen LogP contribution in [0, 0.1) is 0 Å². The number of amides is 2. The molecular formula is C21H18N2O2. The topological polar surface area (TPSA) is 63.4 Å². The van der Waals surface area contributed by atoms with Crippen LogP contribution in [0.25, 0.3) is 10.8 Å². The van der Waals surface area contributed by atoms with Crippen LogP contribution in [0.15, 0.2) is 66.7 Å². The summed E-state index contributed by atoms with van der Waals surface area (Å²) < 4.78 is 0. The van der Waals surface area contributed by atoms with Crippen molar-refractivity contribution in [3.05, 3.63) is 83.4 Å². The molecule has 1 atom stereocenters. The van der Waals surface area contributed by atoms with E-state index in [4.69, 9.17) is 5.73 Å². The van der Waals surface area contributed by atoms with Gasteiger partial charge in [0.05, 0.1) is 0 Å². The van der Waals surface area contributed by atoms with E-state index < -0.39 is 11.9 Å². The van der Waals surface area contributed by atoms with Gasteiger partial charge in [-0.05, 0) is 34.0 Å². The van der Waals surface area contributed by atoms with Crippen molar-refractivity contribution in [3.63, 3.8) is 0 Å². The third kappa shape index (κ3) is 2.76. The Bertz CT molecular complexity index is 980. The first-order valence-electron chi connectivity index (χ1n) is 8.29. The number of fused-ring (bicyclic) bond motifs is 2. The highest BCUT2D eigenvalue weighted by Gasteiger charge is 2.33. The molecule has 4 nitrogen and oxygen atoms in total. The van der Waals surface area contributed by atoms with Crippen LogP contribution in [0.1, 0.15) is 21.5 Å². The van der Waals surface area contributed by atoms with Crippen LogP contribution in [-0.4, -0.2) is 22.8 Å². The summed E-state index contributed by atoms with van der Waals surface area (Å²) in [6, 6.07) is 20.8. The summed E-state index contributed by atoms with van der Waals surface area (Å²) in [7, 11) is 0. The van der Waals surface area contributed by atoms with Crippen molar-refractivity contribution in [1.29, 1.82) is 0 Å². The zero-order chi connectivity index (χ0) is 17.4. The van der Waals surface area contributed by atoms with E-state index in [0.717, 1.165) is 21.9 Å². The van der Waals surface area contributed by atoms with Crippen molar-refractivity contribution in [2.24, 2.45) is 5.73 Å². The Hall–Kier alpha value is -3.14. The molecule has 0 radical (unpaired) electrons. The molecule has 25 heavy (non-hydrogen) atoms. The summed E-state index contributed by atoms with van der Waals surface area (Å²) in [5.74, 6) is -0.632. The summed E-state index contributed by atoms with van der Waals surface area (Å²) in [4.78, 5) is 26.6. The summed E-state index contributed by atoms with van der Waals surface area (Å²) >= 11 is 0. The normalized spacial score (nSPS) is 16.5. The largest absolute Gasteiger partial charge is 0.368 e. The molecule has 1 aliphatic heterocycles. The number of nitrogens with zero attached hydrogens (tertiary/aromatic N) is 1. The number of carbonyl (C=O) groups excluding carboxylic acids is 2. The second-order valence-corrected chi connectivity index (χ2v) is 6.39. The van der Waals surface area contributed by atoms with E-state index in [1.165, 1.54) is 0 Å². The minimum atomic E-state index is -0.617. The SMILES string of the molecule is NC(=O)[C@@H]1Cc2ccccc2CN1C(=O)c1ccc2ccccc2c1. The first-order chi connectivity index (χ1) is 12.1. The number of primary amides is 1. The summed E-state index contributed by atoms with van der Waals surface area (Å²) in [6.07, 6.45) is 0.463. The van der Waals surface area contributed by atoms with Crippen molar-refractivity contribution in [1.82, 2.24) is 4.90 Å². The van der Waals surface area contributed by atoms with E-state index in [-0.39, 0.29) is 5.91 Å². The Balaban J connectivity index is 1.72. The summed E-state index contributed by atoms with van der Waals surface area (Å²) in [5.41, 5.74) is 8.30. The molecule has 124 valence electrons. The van der Waals surface area contributed by atoms with Gasteiger partial charge in [-0.25, -0.2) is 0 Å². The zero-order valence-corrected chi connectivity index (χ0v) is 13.7. The molecule has 3 aromatic rings. The van der Waals surface area contributed by atoms with E-state index in [2.05, 4.69) is 0 Å².